The van der Waals surface area contributed by atoms with Crippen molar-refractivity contribution in [1.29, 1.82) is 10.5 Å². The number of carbonyl (C=O) groups excluding carboxylic acids is 1. The van der Waals surface area contributed by atoms with Gasteiger partial charge in [0.05, 0.1) is 39.5 Å². The number of aromatic hydroxyl groups is 2. The highest BCUT2D eigenvalue weighted by molar-refractivity contribution is 7.91. The number of phenolic OH excluding ortho intramolecular Hbond substituents is 2. The number of rotatable bonds is 15. The van der Waals surface area contributed by atoms with Gasteiger partial charge in [0, 0.05) is 6.07 Å². The molecule has 0 aliphatic heterocycles. The summed E-state index contributed by atoms with van der Waals surface area (Å²) in [5, 5.41) is 51.6. The van der Waals surface area contributed by atoms with Crippen molar-refractivity contribution in [3.63, 3.8) is 0 Å². The molecule has 0 fully saturated rings. The number of nitriles is 2. The van der Waals surface area contributed by atoms with Crippen molar-refractivity contribution in [2.45, 2.75) is 118 Å². The van der Waals surface area contributed by atoms with E-state index < -0.39 is 91.1 Å². The van der Waals surface area contributed by atoms with Crippen molar-refractivity contribution in [3.05, 3.63) is 105 Å². The van der Waals surface area contributed by atoms with Crippen molar-refractivity contribution in [2.75, 3.05) is 12.8 Å². The summed E-state index contributed by atoms with van der Waals surface area (Å²) in [5.74, 6) is -5.78. The van der Waals surface area contributed by atoms with Crippen molar-refractivity contribution < 1.29 is 67.4 Å². The zero-order valence-corrected chi connectivity index (χ0v) is 42.6. The van der Waals surface area contributed by atoms with Crippen molar-refractivity contribution in [2.24, 2.45) is 5.14 Å². The van der Waals surface area contributed by atoms with Crippen LogP contribution in [0.15, 0.2) is 68.1 Å². The van der Waals surface area contributed by atoms with Crippen LogP contribution in [-0.2, 0) is 62.3 Å². The summed E-state index contributed by atoms with van der Waals surface area (Å²) in [6.07, 6.45) is -0.699. The minimum atomic E-state index is -4.56. The summed E-state index contributed by atoms with van der Waals surface area (Å²) < 4.78 is 127. The second kappa shape index (κ2) is 23.5. The van der Waals surface area contributed by atoms with Gasteiger partial charge in [-0.15, -0.1) is 0 Å². The summed E-state index contributed by atoms with van der Waals surface area (Å²) in [7, 11) is -14.8. The van der Waals surface area contributed by atoms with Gasteiger partial charge in [0.2, 0.25) is 26.0 Å². The quantitative estimate of drug-likeness (QED) is 0.0794. The predicted octanol–water partition coefficient (Wildman–Crippen LogP) is 6.01. The van der Waals surface area contributed by atoms with E-state index in [0.717, 1.165) is 42.0 Å². The van der Waals surface area contributed by atoms with Gasteiger partial charge in [-0.2, -0.15) is 10.5 Å². The van der Waals surface area contributed by atoms with Crippen LogP contribution in [0.2, 0.25) is 0 Å². The number of carboxylic acids is 1. The Balaban J connectivity index is 0.000000392. The SMILES string of the molecule is CC(C)c1cc(C#N)c(F)c(C(C)C)c1CC(=O)O.CCS(=O)(=O)c1ccc(S(=O)(=O)NC(=O)Cc2c(C(C)C)cc(C#N)c(F)c2C(C)C)c(O)c1.CNS(=O)(=O)c1ccc(S(N)(=O)=O)c(O)c1. The number of aliphatic carboxylic acids is 1. The van der Waals surface area contributed by atoms with Crippen LogP contribution in [-0.4, -0.2) is 73.7 Å². The Morgan fingerprint density at radius 3 is 1.41 bits per heavy atom. The number of sulfonamides is 3. The number of amides is 1. The minimum Gasteiger partial charge on any atom is -0.506 e. The fourth-order valence-corrected chi connectivity index (χ4v) is 10.3. The van der Waals surface area contributed by atoms with E-state index in [0.29, 0.717) is 22.3 Å². The van der Waals surface area contributed by atoms with Gasteiger partial charge in [-0.25, -0.2) is 57.0 Å². The summed E-state index contributed by atoms with van der Waals surface area (Å²) in [5.41, 5.74) is 2.43. The molecule has 1 amide bonds. The maximum Gasteiger partial charge on any atom is 0.307 e. The first-order valence-corrected chi connectivity index (χ1v) is 26.9. The summed E-state index contributed by atoms with van der Waals surface area (Å²) in [6, 6.07) is 12.0. The largest absolute Gasteiger partial charge is 0.506 e. The molecule has 0 aliphatic rings. The molecule has 0 aromatic heterocycles. The average molecular weight is 1040 g/mol. The number of nitrogens with zero attached hydrogens (tertiary/aromatic N) is 2. The van der Waals surface area contributed by atoms with E-state index in [2.05, 4.69) is 0 Å². The molecule has 0 radical (unpaired) electrons. The highest BCUT2D eigenvalue weighted by atomic mass is 32.2. The normalized spacial score (nSPS) is 11.9. The zero-order chi connectivity index (χ0) is 53.3. The number of benzene rings is 4. The molecule has 0 saturated carbocycles. The summed E-state index contributed by atoms with van der Waals surface area (Å²) >= 11 is 0. The van der Waals surface area contributed by atoms with E-state index in [1.54, 1.807) is 41.5 Å². The van der Waals surface area contributed by atoms with Gasteiger partial charge in [0.15, 0.2) is 9.84 Å². The monoisotopic (exact) mass is 1040 g/mol. The van der Waals surface area contributed by atoms with Crippen LogP contribution in [0.25, 0.3) is 0 Å². The first kappa shape index (κ1) is 59.1. The molecule has 0 unspecified atom stereocenters. The lowest BCUT2D eigenvalue weighted by atomic mass is 9.85. The van der Waals surface area contributed by atoms with Crippen molar-refractivity contribution in [1.82, 2.24) is 9.44 Å². The highest BCUT2D eigenvalue weighted by Gasteiger charge is 2.28. The van der Waals surface area contributed by atoms with E-state index in [1.165, 1.54) is 26.1 Å². The van der Waals surface area contributed by atoms with Crippen LogP contribution in [0.3, 0.4) is 0 Å². The van der Waals surface area contributed by atoms with Crippen LogP contribution in [0.1, 0.15) is 130 Å². The molecule has 0 atom stereocenters. The molecule has 376 valence electrons. The van der Waals surface area contributed by atoms with E-state index in [-0.39, 0.29) is 62.3 Å². The number of nitrogens with two attached hydrogens (primary N) is 1. The molecule has 24 heteroatoms. The lowest BCUT2D eigenvalue weighted by Crippen LogP contribution is -2.32. The molecule has 7 N–H and O–H groups in total. The molecule has 0 heterocycles. The molecular formula is C45H55F2N5O13S4. The van der Waals surface area contributed by atoms with Gasteiger partial charge in [0.25, 0.3) is 10.0 Å². The molecule has 4 rings (SSSR count). The fraction of sp³-hybridized carbons (Fsp3) is 0.378. The van der Waals surface area contributed by atoms with Gasteiger partial charge in [-0.1, -0.05) is 62.3 Å². The third-order valence-corrected chi connectivity index (χ3v) is 15.7. The Bertz CT molecular complexity index is 3160. The van der Waals surface area contributed by atoms with Crippen LogP contribution in [0, 0.1) is 34.3 Å². The topological polar surface area (TPSA) is 329 Å². The standard InChI is InChI=1S/C23H27FN2O6S2.C15H18FNO2.C7H10N2O5S2/c1-6-33(29,30)16-7-8-20(19(27)10-16)34(31,32)26-21(28)11-18-17(13(2)3)9-15(12-25)23(24)22(18)14(4)5;1-8(2)11-5-10(7-17)15(16)14(9(3)4)12(11)6-13(18)19;1-9-16(13,14)5-2-3-7(6(10)4-5)15(8,11)12/h7-10,13-14,27H,6,11H2,1-5H3,(H,26,28);5,8-9H,6H2,1-4H3,(H,18,19);2-4,9-10H,1H3,(H2,8,11,12). The lowest BCUT2D eigenvalue weighted by Gasteiger charge is -2.21. The number of hydrogen-bond donors (Lipinski definition) is 6. The number of sulfone groups is 1. The van der Waals surface area contributed by atoms with Crippen LogP contribution < -0.4 is 14.6 Å². The predicted molar refractivity (Wildman–Crippen MR) is 251 cm³/mol. The Morgan fingerprint density at radius 2 is 1.06 bits per heavy atom. The Kier molecular flexibility index (Phi) is 20.2. The van der Waals surface area contributed by atoms with Crippen LogP contribution in [0.5, 0.6) is 11.5 Å². The summed E-state index contributed by atoms with van der Waals surface area (Å²) in [4.78, 5) is 22.0. The van der Waals surface area contributed by atoms with E-state index in [9.17, 15) is 67.5 Å². The molecular weight excluding hydrogens is 985 g/mol. The number of primary sulfonamides is 1. The first-order valence-electron chi connectivity index (χ1n) is 20.8. The molecule has 0 spiro atoms. The van der Waals surface area contributed by atoms with Crippen molar-refractivity contribution >= 4 is 51.8 Å². The number of carboxylic acid groups (broad SMARTS) is 1. The lowest BCUT2D eigenvalue weighted by molar-refractivity contribution is -0.136. The molecule has 69 heavy (non-hydrogen) atoms. The number of phenols is 2. The van der Waals surface area contributed by atoms with Gasteiger partial charge in [-0.05, 0) is 107 Å². The maximum absolute atomic E-state index is 14.9. The number of carbonyl (C=O) groups is 2. The number of hydrogen-bond acceptors (Lipinski definition) is 14. The molecule has 0 bridgehead atoms. The summed E-state index contributed by atoms with van der Waals surface area (Å²) in [6.45, 7) is 15.8. The maximum atomic E-state index is 14.9. The van der Waals surface area contributed by atoms with E-state index >= 15 is 0 Å². The van der Waals surface area contributed by atoms with Gasteiger partial charge >= 0.3 is 5.97 Å². The van der Waals surface area contributed by atoms with Gasteiger partial charge < -0.3 is 15.3 Å². The smallest absolute Gasteiger partial charge is 0.307 e. The van der Waals surface area contributed by atoms with E-state index in [4.69, 9.17) is 15.5 Å². The second-order valence-electron chi connectivity index (χ2n) is 16.5. The van der Waals surface area contributed by atoms with Crippen LogP contribution in [0.4, 0.5) is 8.78 Å². The number of halogens is 2. The number of nitrogens with one attached hydrogen (secondary N) is 2. The first-order chi connectivity index (χ1) is 31.6. The fourth-order valence-electron chi connectivity index (χ4n) is 6.93. The van der Waals surface area contributed by atoms with Gasteiger partial charge in [-0.3, -0.25) is 9.59 Å². The van der Waals surface area contributed by atoms with Crippen LogP contribution >= 0.6 is 0 Å². The van der Waals surface area contributed by atoms with E-state index in [1.807, 2.05) is 35.4 Å². The minimum absolute atomic E-state index is 0.0125. The van der Waals surface area contributed by atoms with Gasteiger partial charge in [0.1, 0.15) is 45.1 Å². The molecule has 18 nitrogen and oxygen atoms in total. The second-order valence-corrected chi connectivity index (χ2v) is 23.8. The molecule has 4 aromatic carbocycles. The van der Waals surface area contributed by atoms with Crippen molar-refractivity contribution in [3.8, 4) is 23.6 Å². The molecule has 4 aromatic rings. The average Bonchev–Trinajstić information content (AvgIpc) is 3.22. The molecule has 0 saturated heterocycles. The third kappa shape index (κ3) is 14.7. The zero-order valence-electron chi connectivity index (χ0n) is 39.3. The Hall–Kier alpha value is -6.02. The Labute approximate surface area is 401 Å². The highest BCUT2D eigenvalue weighted by Crippen LogP contribution is 2.35. The Morgan fingerprint density at radius 1 is 0.652 bits per heavy atom. The third-order valence-electron chi connectivity index (χ3n) is 10.2. The molecule has 0 aliphatic carbocycles.